The minimum absolute atomic E-state index is 0.117. The summed E-state index contributed by atoms with van der Waals surface area (Å²) >= 11 is 0. The SMILES string of the molecule is CC1=C[C@H](C)C[C@H](C)C1c1c(C)nn(-c2cc(Oc3ccc4c5ccccc5n(-c5cc(C(C)C)ccn5)c4c3)cc(C(C)C)c2)c1C(C)(C)C. The molecular weight excluding hydrogens is 625 g/mol. The molecule has 0 aliphatic heterocycles. The number of ether oxygens (including phenoxy) is 1. The number of hydrogen-bond acceptors (Lipinski definition) is 3. The summed E-state index contributed by atoms with van der Waals surface area (Å²) in [5, 5.41) is 7.69. The zero-order valence-corrected chi connectivity index (χ0v) is 32.4. The minimum atomic E-state index is -0.117. The number of aromatic nitrogens is 4. The van der Waals surface area contributed by atoms with Crippen LogP contribution in [-0.4, -0.2) is 19.3 Å². The maximum Gasteiger partial charge on any atom is 0.137 e. The molecule has 264 valence electrons. The lowest BCUT2D eigenvalue weighted by Gasteiger charge is -2.34. The van der Waals surface area contributed by atoms with Crippen molar-refractivity contribution < 1.29 is 4.74 Å². The number of fused-ring (bicyclic) bond motifs is 3. The first-order valence-electron chi connectivity index (χ1n) is 18.8. The molecule has 0 fully saturated rings. The number of para-hydroxylation sites is 1. The molecule has 0 radical (unpaired) electrons. The van der Waals surface area contributed by atoms with Gasteiger partial charge in [-0.1, -0.05) is 92.2 Å². The topological polar surface area (TPSA) is 44.9 Å². The van der Waals surface area contributed by atoms with Gasteiger partial charge in [-0.25, -0.2) is 9.67 Å². The van der Waals surface area contributed by atoms with E-state index in [-0.39, 0.29) is 5.41 Å². The van der Waals surface area contributed by atoms with Crippen molar-refractivity contribution in [1.82, 2.24) is 19.3 Å². The highest BCUT2D eigenvalue weighted by Crippen LogP contribution is 2.46. The van der Waals surface area contributed by atoms with Crippen LogP contribution in [0.25, 0.3) is 33.3 Å². The standard InChI is InChI=1S/C46H54N4O/c1-27(2)33-18-19-47-42(24-33)49-40-15-13-12-14-38(40)39-17-16-36(26-41(39)49)51-37-23-34(28(3)4)22-35(25-37)50-45(46(9,10)11)44(32(8)48-50)43-30(6)20-29(5)21-31(43)7/h12-20,22-29,31,43H,21H2,1-11H3/t29-,31-,43?/m0/s1. The third-order valence-corrected chi connectivity index (χ3v) is 10.8. The molecule has 3 atom stereocenters. The summed E-state index contributed by atoms with van der Waals surface area (Å²) < 4.78 is 11.3. The van der Waals surface area contributed by atoms with Gasteiger partial charge >= 0.3 is 0 Å². The molecule has 5 heteroatoms. The van der Waals surface area contributed by atoms with Crippen molar-refractivity contribution in [2.24, 2.45) is 11.8 Å². The maximum atomic E-state index is 6.83. The highest BCUT2D eigenvalue weighted by Gasteiger charge is 2.36. The first-order valence-corrected chi connectivity index (χ1v) is 18.8. The Morgan fingerprint density at radius 3 is 2.22 bits per heavy atom. The molecule has 1 aliphatic rings. The van der Waals surface area contributed by atoms with Crippen LogP contribution in [0.4, 0.5) is 0 Å². The smallest absolute Gasteiger partial charge is 0.137 e. The normalized spacial score (nSPS) is 18.3. The van der Waals surface area contributed by atoms with Gasteiger partial charge in [0, 0.05) is 46.0 Å². The van der Waals surface area contributed by atoms with Crippen LogP contribution in [0.3, 0.4) is 0 Å². The van der Waals surface area contributed by atoms with E-state index in [1.165, 1.54) is 45.2 Å². The van der Waals surface area contributed by atoms with E-state index >= 15 is 0 Å². The number of nitrogens with zero attached hydrogens (tertiary/aromatic N) is 4. The molecule has 3 aromatic carbocycles. The van der Waals surface area contributed by atoms with E-state index < -0.39 is 0 Å². The molecule has 0 N–H and O–H groups in total. The number of hydrogen-bond donors (Lipinski definition) is 0. The molecule has 3 aromatic heterocycles. The van der Waals surface area contributed by atoms with Crippen LogP contribution in [0.2, 0.25) is 0 Å². The second-order valence-corrected chi connectivity index (χ2v) is 16.7. The quantitative estimate of drug-likeness (QED) is 0.158. The second kappa shape index (κ2) is 13.2. The number of allylic oxidation sites excluding steroid dienone is 2. The summed E-state index contributed by atoms with van der Waals surface area (Å²) in [6, 6.07) is 26.0. The van der Waals surface area contributed by atoms with Crippen LogP contribution >= 0.6 is 0 Å². The molecule has 1 unspecified atom stereocenters. The van der Waals surface area contributed by atoms with Crippen molar-refractivity contribution in [3.8, 4) is 23.0 Å². The highest BCUT2D eigenvalue weighted by molar-refractivity contribution is 6.09. The third kappa shape index (κ3) is 6.41. The molecule has 0 bridgehead atoms. The molecule has 0 amide bonds. The van der Waals surface area contributed by atoms with Crippen molar-refractivity contribution in [2.75, 3.05) is 0 Å². The van der Waals surface area contributed by atoms with Gasteiger partial charge in [0.2, 0.25) is 0 Å². The Labute approximate surface area is 304 Å². The first kappa shape index (κ1) is 34.8. The Kier molecular flexibility index (Phi) is 8.98. The number of aryl methyl sites for hydroxylation is 1. The number of rotatable bonds is 7. The molecule has 3 heterocycles. The summed E-state index contributed by atoms with van der Waals surface area (Å²) in [5.74, 6) is 4.76. The van der Waals surface area contributed by atoms with Gasteiger partial charge in [-0.2, -0.15) is 5.10 Å². The van der Waals surface area contributed by atoms with Crippen LogP contribution in [-0.2, 0) is 5.41 Å². The fourth-order valence-electron chi connectivity index (χ4n) is 8.56. The fraction of sp³-hybridized carbons (Fsp3) is 0.391. The molecular formula is C46H54N4O. The summed E-state index contributed by atoms with van der Waals surface area (Å²) in [6.45, 7) is 25.2. The zero-order valence-electron chi connectivity index (χ0n) is 32.4. The average Bonchev–Trinajstić information content (AvgIpc) is 3.59. The minimum Gasteiger partial charge on any atom is -0.457 e. The maximum absolute atomic E-state index is 6.83. The van der Waals surface area contributed by atoms with Crippen LogP contribution in [0.15, 0.2) is 90.6 Å². The summed E-state index contributed by atoms with van der Waals surface area (Å²) in [4.78, 5) is 4.85. The third-order valence-electron chi connectivity index (χ3n) is 10.8. The first-order chi connectivity index (χ1) is 24.2. The Morgan fingerprint density at radius 2 is 1.51 bits per heavy atom. The van der Waals surface area contributed by atoms with Gasteiger partial charge in [0.1, 0.15) is 17.3 Å². The van der Waals surface area contributed by atoms with E-state index in [1.807, 2.05) is 6.20 Å². The van der Waals surface area contributed by atoms with Crippen molar-refractivity contribution in [2.45, 2.75) is 106 Å². The summed E-state index contributed by atoms with van der Waals surface area (Å²) in [5.41, 5.74) is 10.9. The zero-order chi connectivity index (χ0) is 36.4. The molecule has 51 heavy (non-hydrogen) atoms. The van der Waals surface area contributed by atoms with Gasteiger partial charge in [0.15, 0.2) is 0 Å². The lowest BCUT2D eigenvalue weighted by atomic mass is 9.70. The van der Waals surface area contributed by atoms with Crippen molar-refractivity contribution in [3.63, 3.8) is 0 Å². The lowest BCUT2D eigenvalue weighted by Crippen LogP contribution is -2.25. The van der Waals surface area contributed by atoms with E-state index in [4.69, 9.17) is 14.8 Å². The fourth-order valence-corrected chi connectivity index (χ4v) is 8.56. The van der Waals surface area contributed by atoms with Gasteiger partial charge in [-0.15, -0.1) is 0 Å². The largest absolute Gasteiger partial charge is 0.457 e. The predicted molar refractivity (Wildman–Crippen MR) is 213 cm³/mol. The van der Waals surface area contributed by atoms with E-state index in [9.17, 15) is 0 Å². The van der Waals surface area contributed by atoms with Crippen LogP contribution in [0, 0.1) is 18.8 Å². The Hall–Kier alpha value is -4.64. The molecule has 7 rings (SSSR count). The van der Waals surface area contributed by atoms with Crippen LogP contribution < -0.4 is 4.74 Å². The van der Waals surface area contributed by atoms with E-state index in [2.05, 4.69) is 164 Å². The van der Waals surface area contributed by atoms with Crippen molar-refractivity contribution in [3.05, 3.63) is 119 Å². The second-order valence-electron chi connectivity index (χ2n) is 16.7. The Bertz CT molecular complexity index is 2270. The van der Waals surface area contributed by atoms with E-state index in [0.29, 0.717) is 29.6 Å². The predicted octanol–water partition coefficient (Wildman–Crippen LogP) is 12.7. The molecule has 0 saturated carbocycles. The van der Waals surface area contributed by atoms with Crippen LogP contribution in [0.1, 0.15) is 121 Å². The molecule has 0 saturated heterocycles. The van der Waals surface area contributed by atoms with Crippen molar-refractivity contribution >= 4 is 21.8 Å². The molecule has 5 nitrogen and oxygen atoms in total. The Balaban J connectivity index is 1.36. The number of benzene rings is 3. The van der Waals surface area contributed by atoms with Crippen molar-refractivity contribution in [1.29, 1.82) is 0 Å². The molecule has 1 aliphatic carbocycles. The van der Waals surface area contributed by atoms with Gasteiger partial charge in [-0.05, 0) is 97.5 Å². The molecule has 6 aromatic rings. The monoisotopic (exact) mass is 678 g/mol. The average molecular weight is 679 g/mol. The van der Waals surface area contributed by atoms with E-state index in [1.54, 1.807) is 0 Å². The highest BCUT2D eigenvalue weighted by atomic mass is 16.5. The van der Waals surface area contributed by atoms with Gasteiger partial charge in [-0.3, -0.25) is 4.57 Å². The number of pyridine rings is 1. The van der Waals surface area contributed by atoms with E-state index in [0.717, 1.165) is 39.7 Å². The van der Waals surface area contributed by atoms with Crippen LogP contribution in [0.5, 0.6) is 11.5 Å². The van der Waals surface area contributed by atoms with Gasteiger partial charge < -0.3 is 4.74 Å². The van der Waals surface area contributed by atoms with Gasteiger partial charge in [0.05, 0.1) is 28.1 Å². The summed E-state index contributed by atoms with van der Waals surface area (Å²) in [6.07, 6.45) is 5.60. The Morgan fingerprint density at radius 1 is 0.784 bits per heavy atom. The van der Waals surface area contributed by atoms with Gasteiger partial charge in [0.25, 0.3) is 0 Å². The summed E-state index contributed by atoms with van der Waals surface area (Å²) in [7, 11) is 0. The lowest BCUT2D eigenvalue weighted by molar-refractivity contribution is 0.385. The molecule has 0 spiro atoms.